The summed E-state index contributed by atoms with van der Waals surface area (Å²) in [5.41, 5.74) is 5.60. The highest BCUT2D eigenvalue weighted by atomic mass is 35.5. The third-order valence-corrected chi connectivity index (χ3v) is 7.54. The molecule has 47 heavy (non-hydrogen) atoms. The maximum atomic E-state index is 12.5. The van der Waals surface area contributed by atoms with Crippen molar-refractivity contribution >= 4 is 40.6 Å². The number of halogens is 1. The number of ether oxygens (including phenoxy) is 4. The average molecular weight is 659 g/mol. The molecule has 0 aromatic heterocycles. The minimum atomic E-state index is -1.17. The van der Waals surface area contributed by atoms with Crippen LogP contribution in [0, 0.1) is 0 Å². The fourth-order valence-electron chi connectivity index (χ4n) is 5.13. The van der Waals surface area contributed by atoms with E-state index < -0.39 is 24.3 Å². The molecule has 11 nitrogen and oxygen atoms in total. The molecule has 0 aliphatic carbocycles. The van der Waals surface area contributed by atoms with Crippen molar-refractivity contribution in [2.75, 3.05) is 20.3 Å². The van der Waals surface area contributed by atoms with Gasteiger partial charge < -0.3 is 34.7 Å². The van der Waals surface area contributed by atoms with Gasteiger partial charge in [-0.15, -0.1) is 0 Å². The summed E-state index contributed by atoms with van der Waals surface area (Å²) >= 11 is 6.13. The second kappa shape index (κ2) is 15.4. The number of carbonyl (C=O) groups excluding carboxylic acids is 2. The van der Waals surface area contributed by atoms with Gasteiger partial charge in [0.25, 0.3) is 0 Å². The van der Waals surface area contributed by atoms with Gasteiger partial charge in [-0.3, -0.25) is 5.43 Å². The molecule has 1 aliphatic heterocycles. The minimum absolute atomic E-state index is 0.166. The Balaban J connectivity index is 1.28. The van der Waals surface area contributed by atoms with Crippen LogP contribution in [0.25, 0.3) is 10.8 Å². The number of aliphatic hydroxyl groups is 1. The van der Waals surface area contributed by atoms with Crippen molar-refractivity contribution in [3.8, 4) is 17.2 Å². The summed E-state index contributed by atoms with van der Waals surface area (Å²) in [6, 6.07) is 23.0. The molecule has 244 valence electrons. The van der Waals surface area contributed by atoms with Crippen molar-refractivity contribution < 1.29 is 33.6 Å². The highest BCUT2D eigenvalue weighted by Crippen LogP contribution is 2.35. The van der Waals surface area contributed by atoms with E-state index in [4.69, 9.17) is 30.5 Å². The van der Waals surface area contributed by atoms with Crippen LogP contribution in [0.15, 0.2) is 95.2 Å². The van der Waals surface area contributed by atoms with E-state index in [0.717, 1.165) is 21.9 Å². The number of hydrazone groups is 1. The lowest BCUT2D eigenvalue weighted by molar-refractivity contribution is -0.136. The van der Waals surface area contributed by atoms with Gasteiger partial charge >= 0.3 is 12.0 Å². The fraction of sp³-hybridized carbons (Fsp3) is 0.229. The van der Waals surface area contributed by atoms with Crippen LogP contribution >= 0.6 is 11.6 Å². The molecule has 5 rings (SSSR count). The van der Waals surface area contributed by atoms with Gasteiger partial charge in [0.05, 0.1) is 31.5 Å². The maximum absolute atomic E-state index is 12.5. The van der Waals surface area contributed by atoms with E-state index in [1.807, 2.05) is 67.6 Å². The number of nitrogens with one attached hydrogen (secondary N) is 3. The lowest BCUT2D eigenvalue weighted by Gasteiger charge is -2.28. The third kappa shape index (κ3) is 8.13. The van der Waals surface area contributed by atoms with Crippen LogP contribution in [-0.2, 0) is 16.1 Å². The zero-order chi connectivity index (χ0) is 33.3. The second-order valence-corrected chi connectivity index (χ2v) is 11.0. The topological polar surface area (TPSA) is 140 Å². The summed E-state index contributed by atoms with van der Waals surface area (Å²) in [5, 5.41) is 22.9. The normalized spacial score (nSPS) is 15.2. The standard InChI is InChI=1S/C35H35ClN4O7/c1-4-45-30-17-24(33-32(34(42)44-3)21(2)38-35(43)39-33)13-15-29(30)47-20-31(41)40-37-18-27-26-11-6-5-9-23(26)12-14-28(27)46-19-22-8-7-10-25(36)16-22/h5-18,31,33,40-41H,4,19-20H2,1-3H3,(H2,38,39,43)/b37-18+/t31-,33-/m1/s1. The number of carbonyl (C=O) groups is 2. The summed E-state index contributed by atoms with van der Waals surface area (Å²) < 4.78 is 22.7. The fourth-order valence-corrected chi connectivity index (χ4v) is 5.35. The lowest BCUT2D eigenvalue weighted by Crippen LogP contribution is -2.45. The predicted octanol–water partition coefficient (Wildman–Crippen LogP) is 5.59. The first-order chi connectivity index (χ1) is 22.8. The smallest absolute Gasteiger partial charge is 0.337 e. The molecular weight excluding hydrogens is 624 g/mol. The number of benzene rings is 4. The Morgan fingerprint density at radius 2 is 1.83 bits per heavy atom. The first kappa shape index (κ1) is 33.1. The number of allylic oxidation sites excluding steroid dienone is 1. The molecule has 0 saturated carbocycles. The summed E-state index contributed by atoms with van der Waals surface area (Å²) in [4.78, 5) is 24.7. The Hall–Kier alpha value is -5.26. The van der Waals surface area contributed by atoms with Crippen molar-refractivity contribution in [3.63, 3.8) is 0 Å². The predicted molar refractivity (Wildman–Crippen MR) is 179 cm³/mol. The number of nitrogens with zero attached hydrogens (tertiary/aromatic N) is 1. The van der Waals surface area contributed by atoms with E-state index in [2.05, 4.69) is 21.2 Å². The highest BCUT2D eigenvalue weighted by Gasteiger charge is 2.32. The van der Waals surface area contributed by atoms with Crippen LogP contribution < -0.4 is 30.3 Å². The molecule has 0 unspecified atom stereocenters. The number of methoxy groups -OCH3 is 1. The van der Waals surface area contributed by atoms with E-state index in [0.29, 0.717) is 46.7 Å². The Morgan fingerprint density at radius 1 is 1.02 bits per heavy atom. The largest absolute Gasteiger partial charge is 0.490 e. The number of fused-ring (bicyclic) bond motifs is 1. The highest BCUT2D eigenvalue weighted by molar-refractivity contribution is 6.30. The Labute approximate surface area is 277 Å². The third-order valence-electron chi connectivity index (χ3n) is 7.30. The molecule has 4 N–H and O–H groups in total. The minimum Gasteiger partial charge on any atom is -0.490 e. The Kier molecular flexibility index (Phi) is 10.8. The van der Waals surface area contributed by atoms with Gasteiger partial charge in [-0.25, -0.2) is 9.59 Å². The molecule has 0 spiro atoms. The molecule has 1 aliphatic rings. The molecule has 2 amide bonds. The van der Waals surface area contributed by atoms with Crippen LogP contribution in [0.4, 0.5) is 4.79 Å². The molecule has 2 atom stereocenters. The van der Waals surface area contributed by atoms with Gasteiger partial charge in [-0.05, 0) is 66.1 Å². The van der Waals surface area contributed by atoms with E-state index in [1.54, 1.807) is 31.3 Å². The number of hydrogen-bond acceptors (Lipinski definition) is 9. The van der Waals surface area contributed by atoms with Crippen LogP contribution in [0.5, 0.6) is 17.2 Å². The van der Waals surface area contributed by atoms with Crippen LogP contribution in [0.2, 0.25) is 5.02 Å². The number of rotatable bonds is 13. The second-order valence-electron chi connectivity index (χ2n) is 10.5. The Morgan fingerprint density at radius 3 is 2.62 bits per heavy atom. The molecule has 0 bridgehead atoms. The molecule has 0 saturated heterocycles. The monoisotopic (exact) mass is 658 g/mol. The number of hydrogen-bond donors (Lipinski definition) is 4. The zero-order valence-electron chi connectivity index (χ0n) is 26.1. The van der Waals surface area contributed by atoms with Crippen molar-refractivity contribution in [2.24, 2.45) is 5.10 Å². The first-order valence-corrected chi connectivity index (χ1v) is 15.3. The van der Waals surface area contributed by atoms with E-state index in [9.17, 15) is 14.7 Å². The quantitative estimate of drug-likeness (QED) is 0.0631. The molecule has 0 fully saturated rings. The molecule has 1 heterocycles. The van der Waals surface area contributed by atoms with E-state index >= 15 is 0 Å². The number of amides is 2. The lowest BCUT2D eigenvalue weighted by atomic mass is 9.95. The maximum Gasteiger partial charge on any atom is 0.337 e. The van der Waals surface area contributed by atoms with Crippen molar-refractivity contribution in [2.45, 2.75) is 32.7 Å². The van der Waals surface area contributed by atoms with Gasteiger partial charge in [0.15, 0.2) is 17.7 Å². The summed E-state index contributed by atoms with van der Waals surface area (Å²) in [7, 11) is 1.28. The SMILES string of the molecule is CCOc1cc([C@H]2NC(=O)NC(C)=C2C(=O)OC)ccc1OC[C@@H](O)N/N=C/c1c(OCc2cccc(Cl)c2)ccc2ccccc12. The van der Waals surface area contributed by atoms with Gasteiger partial charge in [0.1, 0.15) is 19.0 Å². The summed E-state index contributed by atoms with van der Waals surface area (Å²) in [5.74, 6) is 0.766. The van der Waals surface area contributed by atoms with Gasteiger partial charge in [0.2, 0.25) is 0 Å². The van der Waals surface area contributed by atoms with E-state index in [-0.39, 0.29) is 12.2 Å². The van der Waals surface area contributed by atoms with Gasteiger partial charge in [-0.2, -0.15) is 5.10 Å². The van der Waals surface area contributed by atoms with Crippen molar-refractivity contribution in [3.05, 3.63) is 112 Å². The molecule has 4 aromatic rings. The Bertz CT molecular complexity index is 1830. The molecule has 12 heteroatoms. The number of aliphatic hydroxyl groups excluding tert-OH is 1. The number of urea groups is 1. The first-order valence-electron chi connectivity index (χ1n) is 14.9. The summed E-state index contributed by atoms with van der Waals surface area (Å²) in [6.07, 6.45) is 0.424. The molecule has 0 radical (unpaired) electrons. The number of esters is 1. The average Bonchev–Trinajstić information content (AvgIpc) is 3.06. The van der Waals surface area contributed by atoms with Crippen LogP contribution in [0.1, 0.15) is 36.6 Å². The van der Waals surface area contributed by atoms with Gasteiger partial charge in [0, 0.05) is 16.3 Å². The van der Waals surface area contributed by atoms with Crippen molar-refractivity contribution in [1.29, 1.82) is 0 Å². The molecule has 4 aromatic carbocycles. The molecular formula is C35H35ClN4O7. The van der Waals surface area contributed by atoms with Crippen LogP contribution in [-0.4, -0.2) is 49.9 Å². The summed E-state index contributed by atoms with van der Waals surface area (Å²) in [6.45, 7) is 3.92. The zero-order valence-corrected chi connectivity index (χ0v) is 26.8. The van der Waals surface area contributed by atoms with Gasteiger partial charge in [-0.1, -0.05) is 60.1 Å². The van der Waals surface area contributed by atoms with Crippen LogP contribution in [0.3, 0.4) is 0 Å². The van der Waals surface area contributed by atoms with E-state index in [1.165, 1.54) is 7.11 Å². The van der Waals surface area contributed by atoms with Crippen molar-refractivity contribution in [1.82, 2.24) is 16.1 Å².